The van der Waals surface area contributed by atoms with Crippen molar-refractivity contribution in [3.8, 4) is 0 Å². The van der Waals surface area contributed by atoms with Gasteiger partial charge in [-0.15, -0.1) is 0 Å². The second kappa shape index (κ2) is 6.35. The SMILES string of the molecule is CN(Cc1ccccc1Br)C(=O)c1ccc(Br)cc1. The highest BCUT2D eigenvalue weighted by molar-refractivity contribution is 9.10. The maximum atomic E-state index is 12.3. The maximum absolute atomic E-state index is 12.3. The molecule has 0 saturated heterocycles. The molecule has 0 spiro atoms. The van der Waals surface area contributed by atoms with E-state index in [2.05, 4.69) is 31.9 Å². The Kier molecular flexibility index (Phi) is 4.77. The van der Waals surface area contributed by atoms with Crippen LogP contribution >= 0.6 is 31.9 Å². The lowest BCUT2D eigenvalue weighted by Gasteiger charge is -2.18. The standard InChI is InChI=1S/C15H13Br2NO/c1-18(10-12-4-2-3-5-14(12)17)15(19)11-6-8-13(16)9-7-11/h2-9H,10H2,1H3. The van der Waals surface area contributed by atoms with Crippen LogP contribution < -0.4 is 0 Å². The Hall–Kier alpha value is -1.13. The molecule has 0 bridgehead atoms. The van der Waals surface area contributed by atoms with Gasteiger partial charge in [0.15, 0.2) is 0 Å². The third-order valence-electron chi connectivity index (χ3n) is 2.80. The minimum Gasteiger partial charge on any atom is -0.337 e. The lowest BCUT2D eigenvalue weighted by atomic mass is 10.1. The van der Waals surface area contributed by atoms with E-state index >= 15 is 0 Å². The first-order valence-corrected chi connectivity index (χ1v) is 7.41. The van der Waals surface area contributed by atoms with Gasteiger partial charge in [-0.25, -0.2) is 0 Å². The predicted molar refractivity (Wildman–Crippen MR) is 84.1 cm³/mol. The van der Waals surface area contributed by atoms with E-state index in [1.165, 1.54) is 0 Å². The molecule has 0 aromatic heterocycles. The summed E-state index contributed by atoms with van der Waals surface area (Å²) in [5.41, 5.74) is 1.79. The van der Waals surface area contributed by atoms with Crippen molar-refractivity contribution in [3.63, 3.8) is 0 Å². The van der Waals surface area contributed by atoms with E-state index in [9.17, 15) is 4.79 Å². The lowest BCUT2D eigenvalue weighted by molar-refractivity contribution is 0.0785. The zero-order chi connectivity index (χ0) is 13.8. The Bertz CT molecular complexity index is 581. The van der Waals surface area contributed by atoms with Gasteiger partial charge < -0.3 is 4.90 Å². The molecule has 0 aliphatic rings. The highest BCUT2D eigenvalue weighted by Crippen LogP contribution is 2.18. The molecule has 19 heavy (non-hydrogen) atoms. The van der Waals surface area contributed by atoms with Crippen molar-refractivity contribution in [2.45, 2.75) is 6.54 Å². The third-order valence-corrected chi connectivity index (χ3v) is 4.11. The number of benzene rings is 2. The van der Waals surface area contributed by atoms with Gasteiger partial charge in [0.25, 0.3) is 5.91 Å². The summed E-state index contributed by atoms with van der Waals surface area (Å²) in [6.45, 7) is 0.580. The molecule has 98 valence electrons. The Balaban J connectivity index is 2.12. The van der Waals surface area contributed by atoms with E-state index in [0.29, 0.717) is 12.1 Å². The summed E-state index contributed by atoms with van der Waals surface area (Å²) in [5, 5.41) is 0. The molecule has 2 rings (SSSR count). The Labute approximate surface area is 129 Å². The summed E-state index contributed by atoms with van der Waals surface area (Å²) in [6, 6.07) is 15.3. The molecular formula is C15H13Br2NO. The average Bonchev–Trinajstić information content (AvgIpc) is 2.41. The van der Waals surface area contributed by atoms with Crippen LogP contribution in [-0.4, -0.2) is 17.9 Å². The number of nitrogens with zero attached hydrogens (tertiary/aromatic N) is 1. The molecule has 0 N–H and O–H groups in total. The van der Waals surface area contributed by atoms with Crippen LogP contribution in [-0.2, 0) is 6.54 Å². The molecule has 0 saturated carbocycles. The van der Waals surface area contributed by atoms with Crippen molar-refractivity contribution in [1.82, 2.24) is 4.90 Å². The van der Waals surface area contributed by atoms with Crippen molar-refractivity contribution in [1.29, 1.82) is 0 Å². The van der Waals surface area contributed by atoms with E-state index in [1.807, 2.05) is 55.6 Å². The normalized spacial score (nSPS) is 10.3. The first-order chi connectivity index (χ1) is 9.08. The van der Waals surface area contributed by atoms with Crippen molar-refractivity contribution in [2.24, 2.45) is 0 Å². The molecule has 2 nitrogen and oxygen atoms in total. The number of carbonyl (C=O) groups excluding carboxylic acids is 1. The molecule has 0 atom stereocenters. The van der Waals surface area contributed by atoms with Gasteiger partial charge in [0.05, 0.1) is 0 Å². The van der Waals surface area contributed by atoms with Gasteiger partial charge in [0.1, 0.15) is 0 Å². The van der Waals surface area contributed by atoms with Crippen molar-refractivity contribution in [2.75, 3.05) is 7.05 Å². The van der Waals surface area contributed by atoms with E-state index < -0.39 is 0 Å². The second-order valence-electron chi connectivity index (χ2n) is 4.26. The Morgan fingerprint density at radius 2 is 1.68 bits per heavy atom. The van der Waals surface area contributed by atoms with Crippen LogP contribution in [0.3, 0.4) is 0 Å². The van der Waals surface area contributed by atoms with Gasteiger partial charge in [-0.2, -0.15) is 0 Å². The maximum Gasteiger partial charge on any atom is 0.253 e. The zero-order valence-electron chi connectivity index (χ0n) is 10.4. The van der Waals surface area contributed by atoms with Gasteiger partial charge in [-0.05, 0) is 35.9 Å². The summed E-state index contributed by atoms with van der Waals surface area (Å²) in [7, 11) is 1.81. The fraction of sp³-hybridized carbons (Fsp3) is 0.133. The number of amides is 1. The second-order valence-corrected chi connectivity index (χ2v) is 6.03. The summed E-state index contributed by atoms with van der Waals surface area (Å²) >= 11 is 6.86. The minimum absolute atomic E-state index is 0.0169. The molecule has 4 heteroatoms. The molecule has 0 aliphatic carbocycles. The number of hydrogen-bond acceptors (Lipinski definition) is 1. The zero-order valence-corrected chi connectivity index (χ0v) is 13.6. The van der Waals surface area contributed by atoms with Crippen molar-refractivity contribution < 1.29 is 4.79 Å². The summed E-state index contributed by atoms with van der Waals surface area (Å²) < 4.78 is 1.99. The molecule has 0 aliphatic heterocycles. The summed E-state index contributed by atoms with van der Waals surface area (Å²) in [5.74, 6) is 0.0169. The van der Waals surface area contributed by atoms with Gasteiger partial charge in [0, 0.05) is 28.1 Å². The van der Waals surface area contributed by atoms with Crippen molar-refractivity contribution >= 4 is 37.8 Å². The number of carbonyl (C=O) groups is 1. The van der Waals surface area contributed by atoms with E-state index in [4.69, 9.17) is 0 Å². The van der Waals surface area contributed by atoms with Crippen LogP contribution in [0, 0.1) is 0 Å². The number of hydrogen-bond donors (Lipinski definition) is 0. The quantitative estimate of drug-likeness (QED) is 0.766. The summed E-state index contributed by atoms with van der Waals surface area (Å²) in [6.07, 6.45) is 0. The van der Waals surface area contributed by atoms with Crippen LogP contribution in [0.5, 0.6) is 0 Å². The first kappa shape index (κ1) is 14.3. The molecule has 2 aromatic carbocycles. The molecule has 0 heterocycles. The number of halogens is 2. The minimum atomic E-state index is 0.0169. The molecule has 0 fully saturated rings. The van der Waals surface area contributed by atoms with E-state index in [-0.39, 0.29) is 5.91 Å². The van der Waals surface area contributed by atoms with Gasteiger partial charge >= 0.3 is 0 Å². The van der Waals surface area contributed by atoms with Crippen molar-refractivity contribution in [3.05, 3.63) is 68.6 Å². The smallest absolute Gasteiger partial charge is 0.253 e. The third kappa shape index (κ3) is 3.67. The Morgan fingerprint density at radius 3 is 2.32 bits per heavy atom. The Morgan fingerprint density at radius 1 is 1.05 bits per heavy atom. The average molecular weight is 383 g/mol. The van der Waals surface area contributed by atoms with Crippen LogP contribution in [0.4, 0.5) is 0 Å². The highest BCUT2D eigenvalue weighted by atomic mass is 79.9. The monoisotopic (exact) mass is 381 g/mol. The van der Waals surface area contributed by atoms with E-state index in [0.717, 1.165) is 14.5 Å². The molecule has 0 radical (unpaired) electrons. The highest BCUT2D eigenvalue weighted by Gasteiger charge is 2.12. The predicted octanol–water partition coefficient (Wildman–Crippen LogP) is 4.48. The van der Waals surface area contributed by atoms with E-state index in [1.54, 1.807) is 4.90 Å². The van der Waals surface area contributed by atoms with Crippen LogP contribution in [0.25, 0.3) is 0 Å². The lowest BCUT2D eigenvalue weighted by Crippen LogP contribution is -2.26. The summed E-state index contributed by atoms with van der Waals surface area (Å²) in [4.78, 5) is 14.0. The van der Waals surface area contributed by atoms with Gasteiger partial charge in [0.2, 0.25) is 0 Å². The molecular weight excluding hydrogens is 370 g/mol. The van der Waals surface area contributed by atoms with Crippen LogP contribution in [0.1, 0.15) is 15.9 Å². The fourth-order valence-electron chi connectivity index (χ4n) is 1.77. The fourth-order valence-corrected chi connectivity index (χ4v) is 2.44. The molecule has 1 amide bonds. The van der Waals surface area contributed by atoms with Crippen LogP contribution in [0.2, 0.25) is 0 Å². The topological polar surface area (TPSA) is 20.3 Å². The first-order valence-electron chi connectivity index (χ1n) is 5.82. The molecule has 0 unspecified atom stereocenters. The molecule has 2 aromatic rings. The van der Waals surface area contributed by atoms with Crippen LogP contribution in [0.15, 0.2) is 57.5 Å². The number of rotatable bonds is 3. The largest absolute Gasteiger partial charge is 0.337 e. The van der Waals surface area contributed by atoms with Gasteiger partial charge in [-0.3, -0.25) is 4.79 Å². The van der Waals surface area contributed by atoms with Gasteiger partial charge in [-0.1, -0.05) is 50.1 Å².